The van der Waals surface area contributed by atoms with Crippen molar-refractivity contribution >= 4 is 5.91 Å². The Morgan fingerprint density at radius 3 is 2.73 bits per heavy atom. The number of unbranched alkanes of at least 4 members (excludes halogenated alkanes) is 1. The Morgan fingerprint density at radius 2 is 2.00 bits per heavy atom. The van der Waals surface area contributed by atoms with Crippen LogP contribution in [-0.2, 0) is 4.79 Å². The smallest absolute Gasteiger partial charge is 0.222 e. The molecule has 1 saturated heterocycles. The molecule has 2 N–H and O–H groups in total. The van der Waals surface area contributed by atoms with Crippen LogP contribution < -0.4 is 5.73 Å². The molecule has 0 saturated carbocycles. The van der Waals surface area contributed by atoms with Gasteiger partial charge in [-0.05, 0) is 39.4 Å². The van der Waals surface area contributed by atoms with Crippen molar-refractivity contribution in [2.24, 2.45) is 5.73 Å². The minimum Gasteiger partial charge on any atom is -0.341 e. The molecule has 0 bridgehead atoms. The van der Waals surface area contributed by atoms with Gasteiger partial charge in [-0.3, -0.25) is 4.79 Å². The molecule has 1 heterocycles. The minimum absolute atomic E-state index is 0.304. The van der Waals surface area contributed by atoms with Crippen molar-refractivity contribution in [1.82, 2.24) is 9.80 Å². The summed E-state index contributed by atoms with van der Waals surface area (Å²) in [6, 6.07) is 0. The Hall–Kier alpha value is -0.610. The van der Waals surface area contributed by atoms with Gasteiger partial charge in [0.25, 0.3) is 0 Å². The van der Waals surface area contributed by atoms with Crippen LogP contribution in [0.1, 0.15) is 25.7 Å². The van der Waals surface area contributed by atoms with Gasteiger partial charge in [0.05, 0.1) is 0 Å². The van der Waals surface area contributed by atoms with E-state index < -0.39 is 0 Å². The van der Waals surface area contributed by atoms with Gasteiger partial charge >= 0.3 is 0 Å². The van der Waals surface area contributed by atoms with Crippen LogP contribution in [0.4, 0.5) is 0 Å². The highest BCUT2D eigenvalue weighted by Crippen LogP contribution is 2.05. The molecule has 15 heavy (non-hydrogen) atoms. The van der Waals surface area contributed by atoms with Crippen LogP contribution in [0, 0.1) is 0 Å². The van der Waals surface area contributed by atoms with Gasteiger partial charge in [0.15, 0.2) is 0 Å². The fourth-order valence-electron chi connectivity index (χ4n) is 1.87. The highest BCUT2D eigenvalue weighted by atomic mass is 16.2. The summed E-state index contributed by atoms with van der Waals surface area (Å²) in [6.45, 7) is 4.61. The first-order valence-corrected chi connectivity index (χ1v) is 5.90. The first-order valence-electron chi connectivity index (χ1n) is 5.90. The molecule has 0 aromatic rings. The zero-order valence-electron chi connectivity index (χ0n) is 9.74. The van der Waals surface area contributed by atoms with Crippen LogP contribution in [0.2, 0.25) is 0 Å². The van der Waals surface area contributed by atoms with Gasteiger partial charge in [0, 0.05) is 26.1 Å². The first-order chi connectivity index (χ1) is 7.24. The van der Waals surface area contributed by atoms with E-state index in [1.807, 2.05) is 4.90 Å². The van der Waals surface area contributed by atoms with Crippen LogP contribution in [0.15, 0.2) is 0 Å². The third-order valence-electron chi connectivity index (χ3n) is 2.92. The number of nitrogens with zero attached hydrogens (tertiary/aromatic N) is 2. The lowest BCUT2D eigenvalue weighted by Crippen LogP contribution is -2.34. The summed E-state index contributed by atoms with van der Waals surface area (Å²) < 4.78 is 0. The van der Waals surface area contributed by atoms with Crippen LogP contribution in [0.3, 0.4) is 0 Å². The molecule has 1 fully saturated rings. The van der Waals surface area contributed by atoms with Crippen molar-refractivity contribution in [3.8, 4) is 0 Å². The van der Waals surface area contributed by atoms with Crippen LogP contribution in [-0.4, -0.2) is 55.5 Å². The molecule has 1 amide bonds. The normalized spacial score (nSPS) is 18.9. The molecule has 1 aliphatic heterocycles. The molecule has 0 radical (unpaired) electrons. The number of hydrogen-bond acceptors (Lipinski definition) is 3. The third kappa shape index (κ3) is 4.62. The molecule has 0 aromatic carbocycles. The van der Waals surface area contributed by atoms with Gasteiger partial charge in [0.2, 0.25) is 5.91 Å². The minimum atomic E-state index is 0.304. The van der Waals surface area contributed by atoms with Gasteiger partial charge in [-0.25, -0.2) is 0 Å². The molecule has 1 aliphatic rings. The van der Waals surface area contributed by atoms with Crippen molar-refractivity contribution in [1.29, 1.82) is 0 Å². The summed E-state index contributed by atoms with van der Waals surface area (Å²) >= 11 is 0. The lowest BCUT2D eigenvalue weighted by atomic mass is 10.2. The van der Waals surface area contributed by atoms with Gasteiger partial charge in [-0.2, -0.15) is 0 Å². The maximum atomic E-state index is 11.8. The molecular weight excluding hydrogens is 190 g/mol. The fraction of sp³-hybridized carbons (Fsp3) is 0.909. The standard InChI is InChI=1S/C11H23N3O/c1-13-7-4-8-14(10-9-13)11(15)5-2-3-6-12/h2-10,12H2,1H3. The average molecular weight is 213 g/mol. The predicted molar refractivity (Wildman–Crippen MR) is 61.6 cm³/mol. The summed E-state index contributed by atoms with van der Waals surface area (Å²) in [5.41, 5.74) is 5.40. The second-order valence-corrected chi connectivity index (χ2v) is 4.28. The van der Waals surface area contributed by atoms with Crippen molar-refractivity contribution in [2.75, 3.05) is 39.8 Å². The highest BCUT2D eigenvalue weighted by molar-refractivity contribution is 5.76. The van der Waals surface area contributed by atoms with E-state index in [2.05, 4.69) is 11.9 Å². The predicted octanol–water partition coefficient (Wildman–Crippen LogP) is 0.280. The van der Waals surface area contributed by atoms with E-state index in [9.17, 15) is 4.79 Å². The molecule has 0 atom stereocenters. The summed E-state index contributed by atoms with van der Waals surface area (Å²) in [6.07, 6.45) is 3.65. The number of carbonyl (C=O) groups excluding carboxylic acids is 1. The summed E-state index contributed by atoms with van der Waals surface area (Å²) in [4.78, 5) is 16.1. The van der Waals surface area contributed by atoms with E-state index in [1.54, 1.807) is 0 Å². The number of hydrogen-bond donors (Lipinski definition) is 1. The molecule has 0 spiro atoms. The summed E-state index contributed by atoms with van der Waals surface area (Å²) in [7, 11) is 2.11. The van der Waals surface area contributed by atoms with Crippen LogP contribution >= 0.6 is 0 Å². The molecule has 1 rings (SSSR count). The van der Waals surface area contributed by atoms with Crippen molar-refractivity contribution < 1.29 is 4.79 Å². The van der Waals surface area contributed by atoms with Crippen molar-refractivity contribution in [2.45, 2.75) is 25.7 Å². The maximum absolute atomic E-state index is 11.8. The lowest BCUT2D eigenvalue weighted by Gasteiger charge is -2.20. The molecule has 88 valence electrons. The zero-order chi connectivity index (χ0) is 11.1. The summed E-state index contributed by atoms with van der Waals surface area (Å²) in [5, 5.41) is 0. The molecule has 4 nitrogen and oxygen atoms in total. The Balaban J connectivity index is 2.25. The molecular formula is C11H23N3O. The van der Waals surface area contributed by atoms with Gasteiger partial charge < -0.3 is 15.5 Å². The van der Waals surface area contributed by atoms with E-state index >= 15 is 0 Å². The summed E-state index contributed by atoms with van der Waals surface area (Å²) in [5.74, 6) is 0.304. The monoisotopic (exact) mass is 213 g/mol. The van der Waals surface area contributed by atoms with E-state index in [1.165, 1.54) is 0 Å². The molecule has 0 aliphatic carbocycles. The highest BCUT2D eigenvalue weighted by Gasteiger charge is 2.16. The fourth-order valence-corrected chi connectivity index (χ4v) is 1.87. The van der Waals surface area contributed by atoms with Gasteiger partial charge in [0.1, 0.15) is 0 Å². The van der Waals surface area contributed by atoms with E-state index in [0.717, 1.165) is 45.4 Å². The van der Waals surface area contributed by atoms with Crippen molar-refractivity contribution in [3.05, 3.63) is 0 Å². The quantitative estimate of drug-likeness (QED) is 0.682. The Kier molecular flexibility index (Phi) is 5.65. The number of rotatable bonds is 4. The molecule has 4 heteroatoms. The van der Waals surface area contributed by atoms with E-state index in [4.69, 9.17) is 5.73 Å². The maximum Gasteiger partial charge on any atom is 0.222 e. The topological polar surface area (TPSA) is 49.6 Å². The zero-order valence-corrected chi connectivity index (χ0v) is 9.74. The van der Waals surface area contributed by atoms with E-state index in [-0.39, 0.29) is 0 Å². The Labute approximate surface area is 92.4 Å². The Bertz CT molecular complexity index is 196. The number of nitrogens with two attached hydrogens (primary N) is 1. The van der Waals surface area contributed by atoms with Gasteiger partial charge in [-0.15, -0.1) is 0 Å². The number of amides is 1. The van der Waals surface area contributed by atoms with Crippen LogP contribution in [0.5, 0.6) is 0 Å². The average Bonchev–Trinajstić information content (AvgIpc) is 2.43. The SMILES string of the molecule is CN1CCCN(C(=O)CCCCN)CC1. The molecule has 0 aromatic heterocycles. The number of carbonyl (C=O) groups is 1. The lowest BCUT2D eigenvalue weighted by molar-refractivity contribution is -0.131. The second kappa shape index (κ2) is 6.80. The largest absolute Gasteiger partial charge is 0.341 e. The van der Waals surface area contributed by atoms with Crippen LogP contribution in [0.25, 0.3) is 0 Å². The second-order valence-electron chi connectivity index (χ2n) is 4.28. The first kappa shape index (κ1) is 12.5. The third-order valence-corrected chi connectivity index (χ3v) is 2.92. The van der Waals surface area contributed by atoms with Crippen molar-refractivity contribution in [3.63, 3.8) is 0 Å². The van der Waals surface area contributed by atoms with E-state index in [0.29, 0.717) is 18.9 Å². The molecule has 0 unspecified atom stereocenters. The van der Waals surface area contributed by atoms with Gasteiger partial charge in [-0.1, -0.05) is 0 Å². The number of likely N-dealkylation sites (N-methyl/N-ethyl adjacent to an activating group) is 1. The Morgan fingerprint density at radius 1 is 1.20 bits per heavy atom.